The number of H-pyrrole nitrogens is 1. The van der Waals surface area contributed by atoms with Crippen molar-refractivity contribution in [3.63, 3.8) is 0 Å². The summed E-state index contributed by atoms with van der Waals surface area (Å²) in [6, 6.07) is 24.5. The van der Waals surface area contributed by atoms with E-state index in [0.717, 1.165) is 59.7 Å². The van der Waals surface area contributed by atoms with Gasteiger partial charge in [0.25, 0.3) is 0 Å². The van der Waals surface area contributed by atoms with Crippen LogP contribution < -0.4 is 4.74 Å². The van der Waals surface area contributed by atoms with Crippen LogP contribution in [0.1, 0.15) is 35.8 Å². The molecule has 5 nitrogen and oxygen atoms in total. The molecule has 0 spiro atoms. The van der Waals surface area contributed by atoms with Crippen molar-refractivity contribution in [1.29, 1.82) is 0 Å². The second-order valence-electron chi connectivity index (χ2n) is 7.84. The Hall–Kier alpha value is -3.15. The predicted molar refractivity (Wildman–Crippen MR) is 120 cm³/mol. The van der Waals surface area contributed by atoms with E-state index in [1.165, 1.54) is 0 Å². The highest BCUT2D eigenvalue weighted by molar-refractivity contribution is 5.76. The number of fused-ring (bicyclic) bond motifs is 1. The molecule has 0 radical (unpaired) electrons. The van der Waals surface area contributed by atoms with Crippen LogP contribution in [0.25, 0.3) is 11.0 Å². The summed E-state index contributed by atoms with van der Waals surface area (Å²) in [4.78, 5) is 7.90. The van der Waals surface area contributed by atoms with E-state index in [0.29, 0.717) is 6.61 Å². The molecule has 1 unspecified atom stereocenters. The van der Waals surface area contributed by atoms with Crippen LogP contribution in [0, 0.1) is 0 Å². The Morgan fingerprint density at radius 3 is 2.55 bits per heavy atom. The summed E-state index contributed by atoms with van der Waals surface area (Å²) in [5, 5.41) is 1.09. The number of nitrogens with one attached hydrogen (secondary N) is 1. The van der Waals surface area contributed by atoms with E-state index < -0.39 is 0 Å². The van der Waals surface area contributed by atoms with Crippen LogP contribution in [0.2, 0.25) is 0 Å². The molecular formula is C26H26N2O3. The van der Waals surface area contributed by atoms with E-state index in [4.69, 9.17) is 14.2 Å². The quantitative estimate of drug-likeness (QED) is 0.438. The number of ether oxygens (including phenoxy) is 3. The molecule has 0 saturated carbocycles. The zero-order valence-corrected chi connectivity index (χ0v) is 17.4. The van der Waals surface area contributed by atoms with Crippen LogP contribution in [0.3, 0.4) is 0 Å². The Balaban J connectivity index is 1.37. The predicted octanol–water partition coefficient (Wildman–Crippen LogP) is 5.43. The van der Waals surface area contributed by atoms with E-state index in [2.05, 4.69) is 46.4 Å². The minimum absolute atomic E-state index is 0.179. The first-order valence-electron chi connectivity index (χ1n) is 10.8. The molecule has 1 N–H and O–H groups in total. The summed E-state index contributed by atoms with van der Waals surface area (Å²) >= 11 is 0. The fourth-order valence-corrected chi connectivity index (χ4v) is 3.93. The van der Waals surface area contributed by atoms with Gasteiger partial charge in [-0.25, -0.2) is 4.98 Å². The van der Waals surface area contributed by atoms with Gasteiger partial charge >= 0.3 is 0 Å². The molecule has 1 fully saturated rings. The Labute approximate surface area is 182 Å². The fourth-order valence-electron chi connectivity index (χ4n) is 3.93. The summed E-state index contributed by atoms with van der Waals surface area (Å²) in [6.07, 6.45) is 3.63. The van der Waals surface area contributed by atoms with Gasteiger partial charge in [0.15, 0.2) is 0 Å². The molecule has 2 aromatic carbocycles. The summed E-state index contributed by atoms with van der Waals surface area (Å²) in [6.45, 7) is 2.04. The number of benzene rings is 2. The van der Waals surface area contributed by atoms with Gasteiger partial charge in [-0.3, -0.25) is 0 Å². The third-order valence-corrected chi connectivity index (χ3v) is 5.62. The Morgan fingerprint density at radius 2 is 1.77 bits per heavy atom. The van der Waals surface area contributed by atoms with Gasteiger partial charge in [-0.15, -0.1) is 0 Å². The first-order valence-corrected chi connectivity index (χ1v) is 10.8. The minimum atomic E-state index is -0.179. The molecule has 4 aromatic rings. The highest BCUT2D eigenvalue weighted by Crippen LogP contribution is 2.31. The lowest BCUT2D eigenvalue weighted by Gasteiger charge is -2.27. The first kappa shape index (κ1) is 19.8. The second kappa shape index (κ2) is 9.33. The van der Waals surface area contributed by atoms with Gasteiger partial charge < -0.3 is 19.2 Å². The lowest BCUT2D eigenvalue weighted by atomic mass is 10.0. The third-order valence-electron chi connectivity index (χ3n) is 5.62. The molecule has 1 atom stereocenters. The summed E-state index contributed by atoms with van der Waals surface area (Å²) in [7, 11) is 0. The van der Waals surface area contributed by atoms with E-state index >= 15 is 0 Å². The van der Waals surface area contributed by atoms with Crippen LogP contribution in [0.15, 0.2) is 79.0 Å². The largest absolute Gasteiger partial charge is 0.489 e. The molecule has 3 heterocycles. The number of hydrogen-bond acceptors (Lipinski definition) is 4. The number of aromatic amines is 1. The molecule has 5 heteroatoms. The van der Waals surface area contributed by atoms with Crippen LogP contribution in [0.5, 0.6) is 5.75 Å². The highest BCUT2D eigenvalue weighted by atomic mass is 16.5. The summed E-state index contributed by atoms with van der Waals surface area (Å²) in [5.74, 6) is 0.873. The number of nitrogens with zero attached hydrogens (tertiary/aromatic N) is 1. The number of aromatic nitrogens is 2. The number of pyridine rings is 1. The van der Waals surface area contributed by atoms with Crippen LogP contribution >= 0.6 is 0 Å². The van der Waals surface area contributed by atoms with Crippen LogP contribution in [0.4, 0.5) is 0 Å². The molecular weight excluding hydrogens is 388 g/mol. The molecule has 158 valence electrons. The Kier molecular flexibility index (Phi) is 5.96. The zero-order valence-electron chi connectivity index (χ0n) is 17.4. The van der Waals surface area contributed by atoms with Crippen molar-refractivity contribution in [2.75, 3.05) is 13.2 Å². The maximum atomic E-state index is 6.59. The summed E-state index contributed by atoms with van der Waals surface area (Å²) < 4.78 is 18.0. The fraction of sp³-hybridized carbons (Fsp3) is 0.269. The van der Waals surface area contributed by atoms with Gasteiger partial charge in [0.1, 0.15) is 24.1 Å². The number of rotatable bonds is 7. The van der Waals surface area contributed by atoms with Gasteiger partial charge in [0.05, 0.1) is 11.8 Å². The highest BCUT2D eigenvalue weighted by Gasteiger charge is 2.24. The molecule has 0 bridgehead atoms. The maximum Gasteiger partial charge on any atom is 0.137 e. The Bertz CT molecular complexity index is 1070. The van der Waals surface area contributed by atoms with Crippen molar-refractivity contribution in [3.8, 4) is 5.75 Å². The Morgan fingerprint density at radius 1 is 0.968 bits per heavy atom. The van der Waals surface area contributed by atoms with Gasteiger partial charge in [-0.2, -0.15) is 0 Å². The van der Waals surface area contributed by atoms with Crippen molar-refractivity contribution < 1.29 is 14.2 Å². The zero-order chi connectivity index (χ0) is 20.9. The third kappa shape index (κ3) is 4.79. The first-order chi connectivity index (χ1) is 15.3. The molecule has 1 aliphatic heterocycles. The van der Waals surface area contributed by atoms with E-state index in [1.807, 2.05) is 36.4 Å². The summed E-state index contributed by atoms with van der Waals surface area (Å²) in [5.41, 5.74) is 4.14. The average Bonchev–Trinajstić information content (AvgIpc) is 3.27. The van der Waals surface area contributed by atoms with Crippen molar-refractivity contribution >= 4 is 11.0 Å². The molecule has 1 saturated heterocycles. The van der Waals surface area contributed by atoms with E-state index in [1.54, 1.807) is 6.20 Å². The van der Waals surface area contributed by atoms with Gasteiger partial charge in [0.2, 0.25) is 0 Å². The van der Waals surface area contributed by atoms with Gasteiger partial charge in [0, 0.05) is 24.8 Å². The topological polar surface area (TPSA) is 56.4 Å². The SMILES string of the molecule is c1ccc(OCc2ccc(C(OC3CCOCC3)c3cc4cccnc4[nH]3)cc2)cc1. The standard InChI is InChI=1S/C26H26N2O3/c1-2-6-22(7-3-1)30-18-19-8-10-20(11-9-19)25(31-23-12-15-29-16-13-23)24-17-21-5-4-14-27-26(21)28-24/h1-11,14,17,23,25H,12-13,15-16,18H2,(H,27,28). The van der Waals surface area contributed by atoms with Gasteiger partial charge in [-0.1, -0.05) is 42.5 Å². The second-order valence-corrected chi connectivity index (χ2v) is 7.84. The lowest BCUT2D eigenvalue weighted by Crippen LogP contribution is -2.25. The smallest absolute Gasteiger partial charge is 0.137 e. The number of hydrogen-bond donors (Lipinski definition) is 1. The van der Waals surface area contributed by atoms with Crippen LogP contribution in [-0.4, -0.2) is 29.3 Å². The normalized spacial score (nSPS) is 15.7. The van der Waals surface area contributed by atoms with Gasteiger partial charge in [-0.05, 0) is 54.3 Å². The van der Waals surface area contributed by atoms with E-state index in [-0.39, 0.29) is 12.2 Å². The monoisotopic (exact) mass is 414 g/mol. The molecule has 0 amide bonds. The maximum absolute atomic E-state index is 6.59. The van der Waals surface area contributed by atoms with Crippen molar-refractivity contribution in [2.45, 2.75) is 31.7 Å². The number of para-hydroxylation sites is 1. The molecule has 2 aromatic heterocycles. The minimum Gasteiger partial charge on any atom is -0.489 e. The van der Waals surface area contributed by atoms with Crippen molar-refractivity contribution in [2.24, 2.45) is 0 Å². The average molecular weight is 415 g/mol. The van der Waals surface area contributed by atoms with E-state index in [9.17, 15) is 0 Å². The molecule has 31 heavy (non-hydrogen) atoms. The van der Waals surface area contributed by atoms with Crippen molar-refractivity contribution in [3.05, 3.63) is 95.8 Å². The molecule has 1 aliphatic rings. The molecule has 0 aliphatic carbocycles. The molecule has 5 rings (SSSR count). The lowest BCUT2D eigenvalue weighted by molar-refractivity contribution is -0.0577. The van der Waals surface area contributed by atoms with Crippen LogP contribution in [-0.2, 0) is 16.1 Å². The van der Waals surface area contributed by atoms with Crippen molar-refractivity contribution in [1.82, 2.24) is 9.97 Å².